The monoisotopic (exact) mass is 334 g/mol. The molecule has 2 fully saturated rings. The first-order chi connectivity index (χ1) is 11.3. The molecule has 1 N–H and O–H groups in total. The van der Waals surface area contributed by atoms with E-state index in [9.17, 15) is 14.7 Å². The lowest BCUT2D eigenvalue weighted by atomic mass is 10.1. The van der Waals surface area contributed by atoms with Gasteiger partial charge in [-0.3, -0.25) is 9.59 Å². The molecule has 2 heterocycles. The Labute approximate surface area is 140 Å². The molecular weight excluding hydrogens is 312 g/mol. The van der Waals surface area contributed by atoms with Crippen molar-refractivity contribution >= 4 is 11.8 Å². The number of aliphatic hydroxyl groups is 1. The molecule has 7 nitrogen and oxygen atoms in total. The number of amides is 2. The number of carbonyl (C=O) groups excluding carboxylic acids is 2. The Morgan fingerprint density at radius 3 is 2.42 bits per heavy atom. The van der Waals surface area contributed by atoms with Crippen LogP contribution in [-0.4, -0.2) is 64.1 Å². The lowest BCUT2D eigenvalue weighted by Crippen LogP contribution is -2.51. The summed E-state index contributed by atoms with van der Waals surface area (Å²) in [6, 6.07) is 8.67. The van der Waals surface area contributed by atoms with Crippen molar-refractivity contribution in [3.63, 3.8) is 0 Å². The fraction of sp³-hybridized carbons (Fsp3) is 0.529. The van der Waals surface area contributed by atoms with Crippen LogP contribution in [0.5, 0.6) is 0 Å². The lowest BCUT2D eigenvalue weighted by Gasteiger charge is -2.34. The standard InChI is InChI=1S/C17H22N2O5/c1-11(20)18-10-14-15(24-17(2,3)23-14)13(21)9-19(18)16(22)12-7-5-4-6-8-12/h4-8,13-15,21H,9-10H2,1-3H3/t13-,14+,15+/m1/s1. The minimum Gasteiger partial charge on any atom is -0.388 e. The molecule has 0 saturated carbocycles. The Morgan fingerprint density at radius 1 is 1.12 bits per heavy atom. The van der Waals surface area contributed by atoms with E-state index in [0.29, 0.717) is 5.56 Å². The Kier molecular flexibility index (Phi) is 4.33. The third-order valence-corrected chi connectivity index (χ3v) is 4.22. The molecule has 2 amide bonds. The van der Waals surface area contributed by atoms with Crippen molar-refractivity contribution in [3.8, 4) is 0 Å². The minimum absolute atomic E-state index is 0.0338. The first-order valence-corrected chi connectivity index (χ1v) is 7.97. The van der Waals surface area contributed by atoms with Gasteiger partial charge in [0.2, 0.25) is 5.91 Å². The summed E-state index contributed by atoms with van der Waals surface area (Å²) in [5.41, 5.74) is 0.449. The van der Waals surface area contributed by atoms with E-state index in [-0.39, 0.29) is 24.9 Å². The van der Waals surface area contributed by atoms with Gasteiger partial charge in [0.25, 0.3) is 5.91 Å². The topological polar surface area (TPSA) is 79.3 Å². The van der Waals surface area contributed by atoms with Crippen molar-refractivity contribution < 1.29 is 24.2 Å². The van der Waals surface area contributed by atoms with Crippen LogP contribution in [0.25, 0.3) is 0 Å². The molecule has 3 atom stereocenters. The molecule has 2 saturated heterocycles. The van der Waals surface area contributed by atoms with E-state index in [1.807, 2.05) is 6.07 Å². The number of β-amino-alcohol motifs (C(OH)–C–C–N with tert-alkyl or cyclic N) is 1. The van der Waals surface area contributed by atoms with E-state index >= 15 is 0 Å². The number of fused-ring (bicyclic) bond motifs is 1. The number of nitrogens with zero attached hydrogens (tertiary/aromatic N) is 2. The SMILES string of the molecule is CC(=O)N1C[C@@H]2OC(C)(C)O[C@H]2[C@H](O)CN1C(=O)c1ccccc1. The predicted octanol–water partition coefficient (Wildman–Crippen LogP) is 0.787. The zero-order valence-corrected chi connectivity index (χ0v) is 14.0. The number of rotatable bonds is 1. The molecule has 2 aliphatic heterocycles. The van der Waals surface area contributed by atoms with E-state index in [1.165, 1.54) is 16.9 Å². The van der Waals surface area contributed by atoms with Crippen LogP contribution in [0.3, 0.4) is 0 Å². The molecule has 24 heavy (non-hydrogen) atoms. The fourth-order valence-corrected chi connectivity index (χ4v) is 3.20. The average molecular weight is 334 g/mol. The smallest absolute Gasteiger partial charge is 0.272 e. The molecule has 2 aliphatic rings. The summed E-state index contributed by atoms with van der Waals surface area (Å²) in [7, 11) is 0. The highest BCUT2D eigenvalue weighted by Gasteiger charge is 2.49. The van der Waals surface area contributed by atoms with Gasteiger partial charge in [-0.05, 0) is 26.0 Å². The van der Waals surface area contributed by atoms with Crippen molar-refractivity contribution in [1.82, 2.24) is 10.0 Å². The molecule has 0 spiro atoms. The molecule has 1 aromatic rings. The molecule has 0 aromatic heterocycles. The van der Waals surface area contributed by atoms with E-state index in [2.05, 4.69) is 0 Å². The Morgan fingerprint density at radius 2 is 1.79 bits per heavy atom. The molecule has 3 rings (SSSR count). The number of benzene rings is 1. The van der Waals surface area contributed by atoms with Crippen LogP contribution in [0, 0.1) is 0 Å². The highest BCUT2D eigenvalue weighted by molar-refractivity contribution is 5.95. The van der Waals surface area contributed by atoms with Gasteiger partial charge < -0.3 is 14.6 Å². The van der Waals surface area contributed by atoms with Gasteiger partial charge in [0, 0.05) is 12.5 Å². The molecule has 1 aromatic carbocycles. The van der Waals surface area contributed by atoms with Gasteiger partial charge in [0.1, 0.15) is 18.3 Å². The molecule has 130 valence electrons. The van der Waals surface area contributed by atoms with Gasteiger partial charge in [-0.2, -0.15) is 0 Å². The highest BCUT2D eigenvalue weighted by Crippen LogP contribution is 2.33. The maximum Gasteiger partial charge on any atom is 0.272 e. The fourth-order valence-electron chi connectivity index (χ4n) is 3.20. The van der Waals surface area contributed by atoms with Crippen molar-refractivity contribution in [2.24, 2.45) is 0 Å². The Balaban J connectivity index is 1.90. The van der Waals surface area contributed by atoms with Crippen molar-refractivity contribution in [2.45, 2.75) is 44.9 Å². The van der Waals surface area contributed by atoms with Crippen LogP contribution in [0.15, 0.2) is 30.3 Å². The van der Waals surface area contributed by atoms with Gasteiger partial charge in [-0.15, -0.1) is 0 Å². The molecule has 0 aliphatic carbocycles. The zero-order valence-electron chi connectivity index (χ0n) is 14.0. The van der Waals surface area contributed by atoms with E-state index < -0.39 is 24.1 Å². The van der Waals surface area contributed by atoms with Crippen molar-refractivity contribution in [3.05, 3.63) is 35.9 Å². The summed E-state index contributed by atoms with van der Waals surface area (Å²) >= 11 is 0. The predicted molar refractivity (Wildman–Crippen MR) is 84.7 cm³/mol. The molecule has 0 unspecified atom stereocenters. The van der Waals surface area contributed by atoms with Gasteiger partial charge in [0.15, 0.2) is 5.79 Å². The second-order valence-electron chi connectivity index (χ2n) is 6.56. The Bertz CT molecular complexity index is 633. The van der Waals surface area contributed by atoms with Gasteiger partial charge in [-0.1, -0.05) is 18.2 Å². The molecular formula is C17H22N2O5. The summed E-state index contributed by atoms with van der Waals surface area (Å²) < 4.78 is 11.6. The van der Waals surface area contributed by atoms with Crippen LogP contribution < -0.4 is 0 Å². The number of aliphatic hydroxyl groups excluding tert-OH is 1. The van der Waals surface area contributed by atoms with Crippen molar-refractivity contribution in [1.29, 1.82) is 0 Å². The quantitative estimate of drug-likeness (QED) is 0.821. The van der Waals surface area contributed by atoms with Crippen LogP contribution in [0.2, 0.25) is 0 Å². The number of hydrogen-bond acceptors (Lipinski definition) is 5. The van der Waals surface area contributed by atoms with Crippen LogP contribution in [0.4, 0.5) is 0 Å². The van der Waals surface area contributed by atoms with Gasteiger partial charge >= 0.3 is 0 Å². The first kappa shape index (κ1) is 16.9. The second kappa shape index (κ2) is 6.16. The van der Waals surface area contributed by atoms with Crippen LogP contribution >= 0.6 is 0 Å². The summed E-state index contributed by atoms with van der Waals surface area (Å²) in [5.74, 6) is -1.46. The first-order valence-electron chi connectivity index (χ1n) is 7.97. The van der Waals surface area contributed by atoms with E-state index in [1.54, 1.807) is 38.1 Å². The molecule has 7 heteroatoms. The normalized spacial score (nSPS) is 29.1. The van der Waals surface area contributed by atoms with Crippen LogP contribution in [0.1, 0.15) is 31.1 Å². The number of carbonyl (C=O) groups is 2. The highest BCUT2D eigenvalue weighted by atomic mass is 16.8. The molecule has 0 radical (unpaired) electrons. The number of ether oxygens (including phenoxy) is 2. The van der Waals surface area contributed by atoms with Gasteiger partial charge in [0.05, 0.1) is 13.1 Å². The van der Waals surface area contributed by atoms with Crippen molar-refractivity contribution in [2.75, 3.05) is 13.1 Å². The zero-order chi connectivity index (χ0) is 17.5. The second-order valence-corrected chi connectivity index (χ2v) is 6.56. The van der Waals surface area contributed by atoms with E-state index in [4.69, 9.17) is 9.47 Å². The average Bonchev–Trinajstić information content (AvgIpc) is 2.78. The van der Waals surface area contributed by atoms with Gasteiger partial charge in [-0.25, -0.2) is 10.0 Å². The minimum atomic E-state index is -0.950. The summed E-state index contributed by atoms with van der Waals surface area (Å²) in [6.45, 7) is 5.03. The number of hydrazine groups is 1. The third-order valence-electron chi connectivity index (χ3n) is 4.22. The number of hydrogen-bond donors (Lipinski definition) is 1. The summed E-state index contributed by atoms with van der Waals surface area (Å²) in [4.78, 5) is 24.9. The molecule has 0 bridgehead atoms. The summed E-state index contributed by atoms with van der Waals surface area (Å²) in [6.07, 6.45) is -2.03. The Hall–Kier alpha value is -1.96. The lowest BCUT2D eigenvalue weighted by molar-refractivity contribution is -0.171. The third kappa shape index (κ3) is 3.15. The van der Waals surface area contributed by atoms with E-state index in [0.717, 1.165) is 0 Å². The summed E-state index contributed by atoms with van der Waals surface area (Å²) in [5, 5.41) is 13.1. The largest absolute Gasteiger partial charge is 0.388 e. The maximum atomic E-state index is 12.8. The van der Waals surface area contributed by atoms with Crippen LogP contribution in [-0.2, 0) is 14.3 Å². The maximum absolute atomic E-state index is 12.8.